The molecule has 119 heavy (non-hydrogen) atoms. The Morgan fingerprint density at radius 2 is 0.109 bits per heavy atom. The number of rotatable bonds is 0. The predicted octanol–water partition coefficient (Wildman–Crippen LogP) is 0.651. The van der Waals surface area contributed by atoms with Gasteiger partial charge in [0, 0.05) is 580 Å². The van der Waals surface area contributed by atoms with Gasteiger partial charge in [-0.15, -0.1) is 12.3 Å². The molecule has 0 aromatic carbocycles. The van der Waals surface area contributed by atoms with E-state index < -0.39 is 0 Å². The van der Waals surface area contributed by atoms with Gasteiger partial charge in [-0.1, -0.05) is 0 Å². The van der Waals surface area contributed by atoms with E-state index in [1.807, 2.05) is 0 Å². The van der Waals surface area contributed by atoms with Crippen LogP contribution in [0.5, 0.6) is 0 Å². The Morgan fingerprint density at radius 1 is 0.0672 bits per heavy atom. The summed E-state index contributed by atoms with van der Waals surface area (Å²) >= 11 is 0. The third kappa shape index (κ3) is 91.9. The van der Waals surface area contributed by atoms with E-state index in [0.29, 0.717) is 0 Å². The molecule has 0 saturated heterocycles. The van der Waals surface area contributed by atoms with Crippen LogP contribution in [0, 0.1) is 706 Å². The van der Waals surface area contributed by atoms with Crippen LogP contribution in [0.3, 0.4) is 0 Å². The second kappa shape index (κ2) is 91.9. The minimum atomic E-state index is 2.12. The van der Waals surface area contributed by atoms with E-state index in [1.165, 1.54) is 0 Å². The Balaban J connectivity index is 4.65. The van der Waals surface area contributed by atoms with Gasteiger partial charge >= 0.3 is 0 Å². The van der Waals surface area contributed by atoms with Crippen molar-refractivity contribution in [1.82, 2.24) is 0 Å². The first-order chi connectivity index (χ1) is 59.4. The van der Waals surface area contributed by atoms with Crippen LogP contribution >= 0.6 is 0 Å². The topological polar surface area (TPSA) is 0 Å². The SMILES string of the molecule is C#CC#CC#CC#CC#CC#CC#CC#CC#CC#CC#CC#CC#CC#CC#CC#CC#CC#CC#CC#CC#CC#CC#CC#CC#CC#CC#CC#CC#CC#CC#CC#CC#CC#CC#CC#CC#CC#CC#CC#CC#CC#CC#CC#CC#CC#CC#CC#CC#CC#CC#CC#CC#CC#CC#CC#CC#CC#CC#C[CH2-]. The lowest BCUT2D eigenvalue weighted by molar-refractivity contribution is 2.31. The lowest BCUT2D eigenvalue weighted by Crippen LogP contribution is -1.57. The van der Waals surface area contributed by atoms with E-state index >= 15 is 0 Å². The Morgan fingerprint density at radius 3 is 0.151 bits per heavy atom. The molecule has 480 valence electrons. The molecule has 0 fully saturated rings. The van der Waals surface area contributed by atoms with Gasteiger partial charge in [0.05, 0.1) is 0 Å². The van der Waals surface area contributed by atoms with Crippen molar-refractivity contribution in [3.8, 4) is 699 Å². The van der Waals surface area contributed by atoms with Gasteiger partial charge in [0.2, 0.25) is 0 Å². The third-order valence-corrected chi connectivity index (χ3v) is 7.29. The molecule has 0 atom stereocenters. The molecule has 0 N–H and O–H groups in total. The van der Waals surface area contributed by atoms with Crippen LogP contribution in [0.2, 0.25) is 0 Å². The van der Waals surface area contributed by atoms with Crippen LogP contribution in [0.25, 0.3) is 0 Å². The lowest BCUT2D eigenvalue weighted by Gasteiger charge is -1.64. The van der Waals surface area contributed by atoms with E-state index in [1.54, 1.807) is 0 Å². The van der Waals surface area contributed by atoms with Crippen molar-refractivity contribution < 1.29 is 0 Å². The van der Waals surface area contributed by atoms with E-state index in [-0.39, 0.29) is 0 Å². The largest absolute Gasteiger partial charge is 0.284 e. The van der Waals surface area contributed by atoms with Crippen LogP contribution in [0.15, 0.2) is 0 Å². The zero-order valence-electron chi connectivity index (χ0n) is 59.8. The Labute approximate surface area is 701 Å². The fourth-order valence-corrected chi connectivity index (χ4v) is 3.61. The van der Waals surface area contributed by atoms with Crippen molar-refractivity contribution in [2.24, 2.45) is 0 Å². The van der Waals surface area contributed by atoms with Gasteiger partial charge in [-0.25, -0.2) is 5.92 Å². The molecule has 0 radical (unpaired) electrons. The zero-order chi connectivity index (χ0) is 84.7. The van der Waals surface area contributed by atoms with Gasteiger partial charge in [0.15, 0.2) is 0 Å². The van der Waals surface area contributed by atoms with Gasteiger partial charge in [0.1, 0.15) is 0 Å². The molecule has 0 aliphatic carbocycles. The molecule has 0 aliphatic heterocycles. The smallest absolute Gasteiger partial charge is 0 e. The first kappa shape index (κ1) is 92.9. The summed E-state index contributed by atoms with van der Waals surface area (Å²) in [5.41, 5.74) is 0. The summed E-state index contributed by atoms with van der Waals surface area (Å²) in [5, 5.41) is 0. The second-order valence-electron chi connectivity index (χ2n) is 14.7. The predicted molar refractivity (Wildman–Crippen MR) is 465 cm³/mol. The standard InChI is InChI=1S/C119H3/c1-3-5-7-9-11-13-15-17-19-21-23-25-27-29-31-33-35-37-39-41-43-45-47-49-51-53-55-57-59-61-63-65-67-69-71-73-75-77-79-81-83-85-87-89-91-93-95-97-99-101-103-105-107-109-111-113-115-117-119-118-116-114-112-110-108-106-104-102-100-98-96-94-92-90-88-86-84-82-80-78-76-74-72-70-68-66-64-62-60-58-56-54-52-50-48-46-44-42-40-38-36-34-32-30-28-26-24-22-20-18-16-14-12-10-8-6-4-2/h1H,2H2/q-1. The first-order valence-electron chi connectivity index (χ1n) is 29.6. The highest BCUT2D eigenvalue weighted by Gasteiger charge is 1.69. The maximum Gasteiger partial charge on any atom is 0 e. The average molecular weight is 1430 g/mol. The van der Waals surface area contributed by atoms with Crippen molar-refractivity contribution in [1.29, 1.82) is 0 Å². The monoisotopic (exact) mass is 1430 g/mol. The van der Waals surface area contributed by atoms with Crippen molar-refractivity contribution in [3.05, 3.63) is 6.92 Å². The van der Waals surface area contributed by atoms with E-state index in [0.717, 1.165) is 0 Å². The fourth-order valence-electron chi connectivity index (χ4n) is 3.61. The molecule has 0 bridgehead atoms. The molecule has 0 saturated carbocycles. The van der Waals surface area contributed by atoms with Gasteiger partial charge in [-0.2, -0.15) is 6.92 Å². The summed E-state index contributed by atoms with van der Waals surface area (Å²) in [6, 6.07) is 0. The molecule has 0 unspecified atom stereocenters. The minimum absolute atomic E-state index is 2.12. The van der Waals surface area contributed by atoms with Gasteiger partial charge < -0.3 is 0 Å². The zero-order valence-corrected chi connectivity index (χ0v) is 59.8. The Bertz CT molecular complexity index is 8370. The van der Waals surface area contributed by atoms with Gasteiger partial charge in [0.25, 0.3) is 0 Å². The second-order valence-corrected chi connectivity index (χ2v) is 14.7. The van der Waals surface area contributed by atoms with Crippen molar-refractivity contribution in [3.63, 3.8) is 0 Å². The highest BCUT2D eigenvalue weighted by Crippen LogP contribution is 1.69. The fraction of sp³-hybridized carbons (Fsp3) is 0. The Hall–Kier alpha value is -26.1. The van der Waals surface area contributed by atoms with E-state index in [9.17, 15) is 0 Å². The van der Waals surface area contributed by atoms with Crippen LogP contribution in [0.4, 0.5) is 0 Å². The van der Waals surface area contributed by atoms with Gasteiger partial charge in [-0.05, 0) is 94.7 Å². The van der Waals surface area contributed by atoms with Crippen molar-refractivity contribution >= 4 is 0 Å². The maximum absolute atomic E-state index is 4.95. The number of terminal acetylenes is 1. The molecule has 0 nitrogen and oxygen atoms in total. The summed E-state index contributed by atoms with van der Waals surface area (Å²) in [5.74, 6) is 291. The molecule has 0 amide bonds. The summed E-state index contributed by atoms with van der Waals surface area (Å²) in [6.45, 7) is 3.32. The third-order valence-electron chi connectivity index (χ3n) is 7.29. The van der Waals surface area contributed by atoms with Crippen LogP contribution in [0.1, 0.15) is 0 Å². The lowest BCUT2D eigenvalue weighted by atomic mass is 10.4. The molecule has 0 heteroatoms. The molecule has 0 spiro atoms. The molecule has 0 aromatic heterocycles. The molecule has 0 aromatic rings. The summed E-state index contributed by atoms with van der Waals surface area (Å²) < 4.78 is 0. The van der Waals surface area contributed by atoms with Crippen molar-refractivity contribution in [2.75, 3.05) is 0 Å². The first-order valence-corrected chi connectivity index (χ1v) is 29.6. The quantitative estimate of drug-likeness (QED) is 0.248. The number of hydrogen-bond acceptors (Lipinski definition) is 0. The van der Waals surface area contributed by atoms with Crippen LogP contribution < -0.4 is 0 Å². The van der Waals surface area contributed by atoms with E-state index in [4.69, 9.17) is 6.42 Å². The molecule has 0 heterocycles. The highest BCUT2D eigenvalue weighted by molar-refractivity contribution is 5.58. The summed E-state index contributed by atoms with van der Waals surface area (Å²) in [4.78, 5) is 0. The molecule has 0 aliphatic rings. The van der Waals surface area contributed by atoms with Crippen LogP contribution in [-0.2, 0) is 0 Å². The molecular formula is C119H3-. The average Bonchev–Trinajstić information content (AvgIpc) is 1.70. The molecular weight excluding hydrogens is 1430 g/mol. The minimum Gasteiger partial charge on any atom is -0.284 e. The summed E-state index contributed by atoms with van der Waals surface area (Å²) in [6.07, 6.45) is 4.95. The van der Waals surface area contributed by atoms with Gasteiger partial charge in [-0.3, -0.25) is 5.92 Å². The van der Waals surface area contributed by atoms with Crippen molar-refractivity contribution in [2.45, 2.75) is 0 Å². The van der Waals surface area contributed by atoms with E-state index in [2.05, 4.69) is 700 Å². The van der Waals surface area contributed by atoms with Crippen LogP contribution in [-0.4, -0.2) is 0 Å². The Kier molecular flexibility index (Phi) is 71.8. The maximum atomic E-state index is 4.95. The summed E-state index contributed by atoms with van der Waals surface area (Å²) in [7, 11) is 0. The normalized spacial score (nSPS) is 3.96. The molecule has 0 rings (SSSR count). The highest BCUT2D eigenvalue weighted by atomic mass is 13.7. The number of hydrogen-bond donors (Lipinski definition) is 0.